The number of nitrogens with one attached hydrogen (secondary N) is 1. The van der Waals surface area contributed by atoms with Crippen molar-refractivity contribution in [3.8, 4) is 0 Å². The van der Waals surface area contributed by atoms with E-state index < -0.39 is 0 Å². The minimum Gasteiger partial charge on any atom is -0.340 e. The second-order valence-electron chi connectivity index (χ2n) is 6.25. The molecular weight excluding hydrogens is 442 g/mol. The molecule has 0 atom stereocenters. The lowest BCUT2D eigenvalue weighted by atomic mass is 9.92. The lowest BCUT2D eigenvalue weighted by Gasteiger charge is -2.34. The van der Waals surface area contributed by atoms with Crippen LogP contribution in [0.15, 0.2) is 15.0 Å². The number of rotatable bonds is 3. The summed E-state index contributed by atoms with van der Waals surface area (Å²) >= 11 is 6.79. The zero-order valence-electron chi connectivity index (χ0n) is 13.0. The molecule has 4 rings (SSSR count). The number of anilines is 1. The Morgan fingerprint density at radius 3 is 2.58 bits per heavy atom. The van der Waals surface area contributed by atoms with Gasteiger partial charge in [0.2, 0.25) is 5.95 Å². The number of fused-ring (bicyclic) bond motifs is 1. The number of imidazole rings is 1. The average Bonchev–Trinajstić information content (AvgIpc) is 2.86. The van der Waals surface area contributed by atoms with E-state index in [0.717, 1.165) is 50.5 Å². The van der Waals surface area contributed by atoms with Gasteiger partial charge in [-0.3, -0.25) is 10.1 Å². The quantitative estimate of drug-likeness (QED) is 0.561. The van der Waals surface area contributed by atoms with Gasteiger partial charge < -0.3 is 14.8 Å². The largest absolute Gasteiger partial charge is 0.340 e. The van der Waals surface area contributed by atoms with E-state index in [-0.39, 0.29) is 10.6 Å². The molecule has 1 aromatic heterocycles. The summed E-state index contributed by atoms with van der Waals surface area (Å²) in [7, 11) is 0. The smallest absolute Gasteiger partial charge is 0.312 e. The fourth-order valence-electron chi connectivity index (χ4n) is 3.41. The van der Waals surface area contributed by atoms with E-state index in [0.29, 0.717) is 20.5 Å². The van der Waals surface area contributed by atoms with Gasteiger partial charge in [0, 0.05) is 36.7 Å². The van der Waals surface area contributed by atoms with Crippen LogP contribution >= 0.6 is 31.9 Å². The summed E-state index contributed by atoms with van der Waals surface area (Å²) < 4.78 is 3.35. The predicted octanol–water partition coefficient (Wildman–Crippen LogP) is 3.60. The topological polar surface area (TPSA) is 76.2 Å². The van der Waals surface area contributed by atoms with Crippen LogP contribution < -0.4 is 10.2 Å². The van der Waals surface area contributed by atoms with E-state index in [1.807, 2.05) is 6.07 Å². The van der Waals surface area contributed by atoms with Crippen molar-refractivity contribution in [1.29, 1.82) is 0 Å². The Labute approximate surface area is 155 Å². The molecule has 1 aromatic carbocycles. The molecule has 1 saturated carbocycles. The second kappa shape index (κ2) is 6.27. The Morgan fingerprint density at radius 1 is 1.29 bits per heavy atom. The van der Waals surface area contributed by atoms with Crippen LogP contribution in [0, 0.1) is 10.1 Å². The highest BCUT2D eigenvalue weighted by Crippen LogP contribution is 2.44. The number of aromatic nitrogens is 2. The number of benzene rings is 1. The minimum atomic E-state index is -0.350. The first-order valence-electron chi connectivity index (χ1n) is 8.08. The molecule has 0 amide bonds. The van der Waals surface area contributed by atoms with E-state index in [2.05, 4.69) is 46.6 Å². The van der Waals surface area contributed by atoms with Gasteiger partial charge in [-0.15, -0.1) is 0 Å². The number of nitro groups is 1. The first-order valence-corrected chi connectivity index (χ1v) is 9.66. The Bertz CT molecular complexity index is 812. The molecule has 9 heteroatoms. The van der Waals surface area contributed by atoms with Gasteiger partial charge in [-0.2, -0.15) is 0 Å². The van der Waals surface area contributed by atoms with Gasteiger partial charge in [-0.05, 0) is 57.2 Å². The molecule has 0 unspecified atom stereocenters. The van der Waals surface area contributed by atoms with Crippen LogP contribution in [-0.4, -0.2) is 40.7 Å². The molecule has 1 aliphatic heterocycles. The van der Waals surface area contributed by atoms with Gasteiger partial charge in [-0.1, -0.05) is 0 Å². The molecule has 2 fully saturated rings. The third-order valence-electron chi connectivity index (χ3n) is 4.86. The maximum absolute atomic E-state index is 11.6. The van der Waals surface area contributed by atoms with Crippen molar-refractivity contribution < 1.29 is 4.92 Å². The van der Waals surface area contributed by atoms with Crippen LogP contribution in [0.5, 0.6) is 0 Å². The molecule has 0 spiro atoms. The number of piperazine rings is 1. The summed E-state index contributed by atoms with van der Waals surface area (Å²) in [6.45, 7) is 3.55. The SMILES string of the molecule is O=[N+]([O-])c1c(Br)c(Br)cc2c1nc(N1CCNCC1)n2C1CCC1. The Kier molecular flexibility index (Phi) is 4.26. The molecule has 0 bridgehead atoms. The summed E-state index contributed by atoms with van der Waals surface area (Å²) in [6, 6.07) is 2.33. The van der Waals surface area contributed by atoms with E-state index in [4.69, 9.17) is 4.98 Å². The van der Waals surface area contributed by atoms with Gasteiger partial charge in [0.1, 0.15) is 4.47 Å². The molecule has 2 aliphatic rings. The number of nitrogens with zero attached hydrogens (tertiary/aromatic N) is 4. The highest BCUT2D eigenvalue weighted by Gasteiger charge is 2.32. The molecule has 0 radical (unpaired) electrons. The average molecular weight is 459 g/mol. The first kappa shape index (κ1) is 16.3. The van der Waals surface area contributed by atoms with Crippen molar-refractivity contribution in [2.75, 3.05) is 31.1 Å². The van der Waals surface area contributed by atoms with Gasteiger partial charge >= 0.3 is 5.69 Å². The second-order valence-corrected chi connectivity index (χ2v) is 7.90. The van der Waals surface area contributed by atoms with Gasteiger partial charge in [0.15, 0.2) is 5.52 Å². The van der Waals surface area contributed by atoms with Crippen molar-refractivity contribution >= 4 is 54.5 Å². The van der Waals surface area contributed by atoms with Crippen LogP contribution in [-0.2, 0) is 0 Å². The van der Waals surface area contributed by atoms with E-state index >= 15 is 0 Å². The molecule has 128 valence electrons. The maximum atomic E-state index is 11.6. The summed E-state index contributed by atoms with van der Waals surface area (Å²) in [5, 5.41) is 15.0. The highest BCUT2D eigenvalue weighted by molar-refractivity contribution is 9.13. The van der Waals surface area contributed by atoms with Crippen molar-refractivity contribution in [2.45, 2.75) is 25.3 Å². The van der Waals surface area contributed by atoms with Crippen LogP contribution in [0.1, 0.15) is 25.3 Å². The van der Waals surface area contributed by atoms with Gasteiger partial charge in [-0.25, -0.2) is 4.98 Å². The zero-order chi connectivity index (χ0) is 16.8. The van der Waals surface area contributed by atoms with Crippen molar-refractivity contribution in [3.63, 3.8) is 0 Å². The first-order chi connectivity index (χ1) is 11.6. The molecule has 24 heavy (non-hydrogen) atoms. The van der Waals surface area contributed by atoms with Crippen LogP contribution in [0.25, 0.3) is 11.0 Å². The maximum Gasteiger partial charge on any atom is 0.312 e. The summed E-state index contributed by atoms with van der Waals surface area (Å²) in [6.07, 6.45) is 3.41. The highest BCUT2D eigenvalue weighted by atomic mass is 79.9. The summed E-state index contributed by atoms with van der Waals surface area (Å²) in [4.78, 5) is 18.2. The minimum absolute atomic E-state index is 0.0360. The Hall–Kier alpha value is -1.19. The molecule has 1 saturated heterocycles. The van der Waals surface area contributed by atoms with Crippen molar-refractivity contribution in [2.24, 2.45) is 0 Å². The summed E-state index contributed by atoms with van der Waals surface area (Å²) in [5.74, 6) is 0.865. The molecular formula is C15H17Br2N5O2. The third-order valence-corrected chi connectivity index (χ3v) is 6.82. The fraction of sp³-hybridized carbons (Fsp3) is 0.533. The van der Waals surface area contributed by atoms with Crippen LogP contribution in [0.2, 0.25) is 0 Å². The van der Waals surface area contributed by atoms with E-state index in [1.54, 1.807) is 0 Å². The number of nitro benzene ring substituents is 1. The van der Waals surface area contributed by atoms with Crippen molar-refractivity contribution in [1.82, 2.24) is 14.9 Å². The number of halogens is 2. The number of hydrogen-bond acceptors (Lipinski definition) is 5. The molecule has 2 aromatic rings. The van der Waals surface area contributed by atoms with Crippen LogP contribution in [0.3, 0.4) is 0 Å². The standard InChI is InChI=1S/C15H17Br2N5O2/c16-10-8-11-13(14(12(10)17)22(23)24)19-15(20-6-4-18-5-7-20)21(11)9-2-1-3-9/h8-9,18H,1-7H2. The van der Waals surface area contributed by atoms with Gasteiger partial charge in [0.05, 0.1) is 10.4 Å². The van der Waals surface area contributed by atoms with E-state index in [9.17, 15) is 10.1 Å². The fourth-order valence-corrected chi connectivity index (χ4v) is 4.26. The van der Waals surface area contributed by atoms with E-state index in [1.165, 1.54) is 6.42 Å². The molecule has 1 aliphatic carbocycles. The Morgan fingerprint density at radius 2 is 2.00 bits per heavy atom. The van der Waals surface area contributed by atoms with Crippen LogP contribution in [0.4, 0.5) is 11.6 Å². The molecule has 1 N–H and O–H groups in total. The predicted molar refractivity (Wildman–Crippen MR) is 99.8 cm³/mol. The van der Waals surface area contributed by atoms with Gasteiger partial charge in [0.25, 0.3) is 0 Å². The number of hydrogen-bond donors (Lipinski definition) is 1. The van der Waals surface area contributed by atoms with Crippen molar-refractivity contribution in [3.05, 3.63) is 25.1 Å². The normalized spacial score (nSPS) is 18.8. The lowest BCUT2D eigenvalue weighted by molar-refractivity contribution is -0.384. The summed E-state index contributed by atoms with van der Waals surface area (Å²) in [5.41, 5.74) is 1.35. The zero-order valence-corrected chi connectivity index (χ0v) is 16.1. The Balaban J connectivity index is 1.97. The monoisotopic (exact) mass is 457 g/mol. The molecule has 7 nitrogen and oxygen atoms in total. The molecule has 2 heterocycles. The third kappa shape index (κ3) is 2.53. The lowest BCUT2D eigenvalue weighted by Crippen LogP contribution is -2.45.